The van der Waals surface area contributed by atoms with Gasteiger partial charge in [-0.15, -0.1) is 0 Å². The number of esters is 1. The van der Waals surface area contributed by atoms with Crippen molar-refractivity contribution in [3.8, 4) is 11.1 Å². The fourth-order valence-electron chi connectivity index (χ4n) is 2.69. The molecule has 0 saturated carbocycles. The molecule has 2 aromatic rings. The van der Waals surface area contributed by atoms with Gasteiger partial charge in [-0.25, -0.2) is 0 Å². The third kappa shape index (κ3) is 1.46. The Morgan fingerprint density at radius 3 is 2.56 bits per heavy atom. The SMILES string of the molecule is COC(=O)C1c2ccccc2-c2cc(C)ccc21. The summed E-state index contributed by atoms with van der Waals surface area (Å²) in [5.41, 5.74) is 5.60. The molecular weight excluding hydrogens is 224 g/mol. The molecule has 90 valence electrons. The lowest BCUT2D eigenvalue weighted by Gasteiger charge is -2.10. The Bertz CT molecular complexity index is 629. The summed E-state index contributed by atoms with van der Waals surface area (Å²) in [6.07, 6.45) is 0. The lowest BCUT2D eigenvalue weighted by Crippen LogP contribution is -2.13. The standard InChI is InChI=1S/C16H14O2/c1-10-7-8-13-14(9-10)11-5-3-4-6-12(11)15(13)16(17)18-2/h3-9,15H,1-2H3. The van der Waals surface area contributed by atoms with Crippen LogP contribution < -0.4 is 0 Å². The molecule has 18 heavy (non-hydrogen) atoms. The lowest BCUT2D eigenvalue weighted by atomic mass is 9.97. The largest absolute Gasteiger partial charge is 0.468 e. The normalized spacial score (nSPS) is 16.0. The van der Waals surface area contributed by atoms with Gasteiger partial charge in [-0.1, -0.05) is 48.0 Å². The summed E-state index contributed by atoms with van der Waals surface area (Å²) in [6.45, 7) is 2.06. The maximum absolute atomic E-state index is 12.0. The van der Waals surface area contributed by atoms with Crippen molar-refractivity contribution >= 4 is 5.97 Å². The highest BCUT2D eigenvalue weighted by molar-refractivity contribution is 5.93. The zero-order valence-electron chi connectivity index (χ0n) is 10.4. The van der Waals surface area contributed by atoms with Crippen molar-refractivity contribution in [3.05, 3.63) is 59.2 Å². The van der Waals surface area contributed by atoms with Gasteiger partial charge in [0, 0.05) is 0 Å². The second-order valence-corrected chi connectivity index (χ2v) is 4.63. The third-order valence-electron chi connectivity index (χ3n) is 3.52. The van der Waals surface area contributed by atoms with Crippen LogP contribution in [0.1, 0.15) is 22.6 Å². The van der Waals surface area contributed by atoms with Crippen LogP contribution in [-0.4, -0.2) is 13.1 Å². The molecule has 0 amide bonds. The number of carbonyl (C=O) groups is 1. The topological polar surface area (TPSA) is 26.3 Å². The average molecular weight is 238 g/mol. The van der Waals surface area contributed by atoms with Crippen LogP contribution >= 0.6 is 0 Å². The molecule has 0 heterocycles. The number of ether oxygens (including phenoxy) is 1. The van der Waals surface area contributed by atoms with Crippen LogP contribution in [0.5, 0.6) is 0 Å². The quantitative estimate of drug-likeness (QED) is 0.713. The molecule has 2 aromatic carbocycles. The van der Waals surface area contributed by atoms with Crippen molar-refractivity contribution < 1.29 is 9.53 Å². The van der Waals surface area contributed by atoms with E-state index in [0.717, 1.165) is 22.3 Å². The molecule has 1 unspecified atom stereocenters. The highest BCUT2D eigenvalue weighted by Gasteiger charge is 2.34. The molecule has 1 aliphatic rings. The fraction of sp³-hybridized carbons (Fsp3) is 0.188. The summed E-state index contributed by atoms with van der Waals surface area (Å²) in [4.78, 5) is 12.0. The first-order chi connectivity index (χ1) is 8.72. The highest BCUT2D eigenvalue weighted by atomic mass is 16.5. The van der Waals surface area contributed by atoms with Crippen LogP contribution in [0, 0.1) is 6.92 Å². The fourth-order valence-corrected chi connectivity index (χ4v) is 2.69. The minimum atomic E-state index is -0.276. The third-order valence-corrected chi connectivity index (χ3v) is 3.52. The number of methoxy groups -OCH3 is 1. The molecule has 0 fully saturated rings. The smallest absolute Gasteiger partial charge is 0.317 e. The van der Waals surface area contributed by atoms with E-state index in [4.69, 9.17) is 4.74 Å². The molecule has 0 aromatic heterocycles. The molecule has 2 heteroatoms. The molecule has 0 radical (unpaired) electrons. The van der Waals surface area contributed by atoms with Gasteiger partial charge >= 0.3 is 5.97 Å². The van der Waals surface area contributed by atoms with Gasteiger partial charge in [-0.05, 0) is 29.2 Å². The number of hydrogen-bond acceptors (Lipinski definition) is 2. The van der Waals surface area contributed by atoms with Crippen LogP contribution in [0.15, 0.2) is 42.5 Å². The van der Waals surface area contributed by atoms with E-state index < -0.39 is 0 Å². The Hall–Kier alpha value is -2.09. The first kappa shape index (κ1) is 11.0. The number of hydrogen-bond donors (Lipinski definition) is 0. The van der Waals surface area contributed by atoms with Gasteiger partial charge in [-0.2, -0.15) is 0 Å². The molecular formula is C16H14O2. The van der Waals surface area contributed by atoms with E-state index >= 15 is 0 Å². The molecule has 1 atom stereocenters. The minimum Gasteiger partial charge on any atom is -0.468 e. The molecule has 0 bridgehead atoms. The monoisotopic (exact) mass is 238 g/mol. The first-order valence-corrected chi connectivity index (χ1v) is 6.00. The van der Waals surface area contributed by atoms with Crippen molar-refractivity contribution in [3.63, 3.8) is 0 Å². The molecule has 2 nitrogen and oxygen atoms in total. The van der Waals surface area contributed by atoms with Gasteiger partial charge in [-0.3, -0.25) is 4.79 Å². The number of carbonyl (C=O) groups excluding carboxylic acids is 1. The minimum absolute atomic E-state index is 0.190. The molecule has 3 rings (SSSR count). The van der Waals surface area contributed by atoms with Gasteiger partial charge in [0.25, 0.3) is 0 Å². The summed E-state index contributed by atoms with van der Waals surface area (Å²) in [7, 11) is 1.44. The molecule has 1 aliphatic carbocycles. The summed E-state index contributed by atoms with van der Waals surface area (Å²) < 4.78 is 4.94. The summed E-state index contributed by atoms with van der Waals surface area (Å²) in [5.74, 6) is -0.466. The maximum atomic E-state index is 12.0. The summed E-state index contributed by atoms with van der Waals surface area (Å²) in [5, 5.41) is 0. The van der Waals surface area contributed by atoms with Gasteiger partial charge in [0.2, 0.25) is 0 Å². The zero-order valence-corrected chi connectivity index (χ0v) is 10.4. The van der Waals surface area contributed by atoms with Crippen LogP contribution in [0.3, 0.4) is 0 Å². The van der Waals surface area contributed by atoms with Crippen molar-refractivity contribution in [2.45, 2.75) is 12.8 Å². The van der Waals surface area contributed by atoms with E-state index in [1.165, 1.54) is 12.7 Å². The van der Waals surface area contributed by atoms with E-state index in [1.807, 2.05) is 30.3 Å². The Labute approximate surface area is 106 Å². The second-order valence-electron chi connectivity index (χ2n) is 4.63. The molecule has 0 N–H and O–H groups in total. The summed E-state index contributed by atoms with van der Waals surface area (Å²) in [6, 6.07) is 14.3. The van der Waals surface area contributed by atoms with Crippen LogP contribution in [-0.2, 0) is 9.53 Å². The van der Waals surface area contributed by atoms with E-state index in [2.05, 4.69) is 19.1 Å². The maximum Gasteiger partial charge on any atom is 0.317 e. The van der Waals surface area contributed by atoms with Crippen LogP contribution in [0.2, 0.25) is 0 Å². The van der Waals surface area contributed by atoms with Crippen molar-refractivity contribution in [2.75, 3.05) is 7.11 Å². The van der Waals surface area contributed by atoms with Gasteiger partial charge in [0.1, 0.15) is 5.92 Å². The zero-order chi connectivity index (χ0) is 12.7. The van der Waals surface area contributed by atoms with Crippen molar-refractivity contribution in [1.29, 1.82) is 0 Å². The predicted molar refractivity (Wildman–Crippen MR) is 70.5 cm³/mol. The molecule has 0 saturated heterocycles. The number of fused-ring (bicyclic) bond motifs is 3. The van der Waals surface area contributed by atoms with Gasteiger partial charge < -0.3 is 4.74 Å². The van der Waals surface area contributed by atoms with E-state index in [1.54, 1.807) is 0 Å². The van der Waals surface area contributed by atoms with Crippen LogP contribution in [0.4, 0.5) is 0 Å². The molecule has 0 spiro atoms. The van der Waals surface area contributed by atoms with Crippen LogP contribution in [0.25, 0.3) is 11.1 Å². The Kier molecular flexibility index (Phi) is 2.44. The van der Waals surface area contributed by atoms with E-state index in [0.29, 0.717) is 0 Å². The number of rotatable bonds is 1. The Morgan fingerprint density at radius 2 is 1.78 bits per heavy atom. The van der Waals surface area contributed by atoms with Crippen molar-refractivity contribution in [1.82, 2.24) is 0 Å². The molecule has 0 aliphatic heterocycles. The predicted octanol–water partition coefficient (Wildman–Crippen LogP) is 3.28. The second kappa shape index (κ2) is 3.98. The van der Waals surface area contributed by atoms with E-state index in [9.17, 15) is 4.79 Å². The van der Waals surface area contributed by atoms with Gasteiger partial charge in [0.05, 0.1) is 7.11 Å². The summed E-state index contributed by atoms with van der Waals surface area (Å²) >= 11 is 0. The first-order valence-electron chi connectivity index (χ1n) is 6.00. The Morgan fingerprint density at radius 1 is 1.06 bits per heavy atom. The number of benzene rings is 2. The van der Waals surface area contributed by atoms with Gasteiger partial charge in [0.15, 0.2) is 0 Å². The van der Waals surface area contributed by atoms with Crippen molar-refractivity contribution in [2.24, 2.45) is 0 Å². The average Bonchev–Trinajstić information content (AvgIpc) is 2.72. The lowest BCUT2D eigenvalue weighted by molar-refractivity contribution is -0.141. The van der Waals surface area contributed by atoms with E-state index in [-0.39, 0.29) is 11.9 Å². The highest BCUT2D eigenvalue weighted by Crippen LogP contribution is 2.45. The Balaban J connectivity index is 2.28. The number of aryl methyl sites for hydroxylation is 1.